The van der Waals surface area contributed by atoms with Gasteiger partial charge in [-0.15, -0.1) is 0 Å². The van der Waals surface area contributed by atoms with Gasteiger partial charge >= 0.3 is 0 Å². The van der Waals surface area contributed by atoms with Crippen LogP contribution in [0.25, 0.3) is 5.69 Å². The summed E-state index contributed by atoms with van der Waals surface area (Å²) in [5.41, 5.74) is 1.27. The first-order valence-corrected chi connectivity index (χ1v) is 8.82. The molecule has 1 atom stereocenters. The zero-order valence-electron chi connectivity index (χ0n) is 14.5. The minimum Gasteiger partial charge on any atom is -0.371 e. The molecular formula is C18H17ClN6O2. The second-order valence-electron chi connectivity index (χ2n) is 6.27. The van der Waals surface area contributed by atoms with Crippen LogP contribution in [0.15, 0.2) is 53.7 Å². The van der Waals surface area contributed by atoms with Crippen LogP contribution in [0.3, 0.4) is 0 Å². The molecule has 0 radical (unpaired) electrons. The normalized spacial score (nSPS) is 16.7. The molecule has 0 bridgehead atoms. The van der Waals surface area contributed by atoms with E-state index in [1.54, 1.807) is 41.2 Å². The van der Waals surface area contributed by atoms with Crippen LogP contribution in [0, 0.1) is 0 Å². The number of hydrogen-bond donors (Lipinski definition) is 1. The third-order valence-electron chi connectivity index (χ3n) is 4.46. The summed E-state index contributed by atoms with van der Waals surface area (Å²) in [6.07, 6.45) is 5.49. The van der Waals surface area contributed by atoms with Crippen molar-refractivity contribution in [1.29, 1.82) is 0 Å². The standard InChI is InChI=1S/C18H17ClN6O2/c1-23-11-13(9-20-23)24-8-7-14(17(24)26)22-15-10-21-25(18(27)16(15)19)12-5-3-2-4-6-12/h2-6,9-11,14,22H,7-8H2,1H3. The summed E-state index contributed by atoms with van der Waals surface area (Å²) in [6, 6.07) is 8.54. The zero-order chi connectivity index (χ0) is 19.0. The Bertz CT molecular complexity index is 1050. The van der Waals surface area contributed by atoms with Crippen molar-refractivity contribution in [3.63, 3.8) is 0 Å². The number of rotatable bonds is 4. The number of benzene rings is 1. The molecule has 1 amide bonds. The second kappa shape index (κ2) is 6.88. The quantitative estimate of drug-likeness (QED) is 0.741. The number of para-hydroxylation sites is 1. The van der Waals surface area contributed by atoms with Crippen molar-refractivity contribution in [2.45, 2.75) is 12.5 Å². The molecule has 8 nitrogen and oxygen atoms in total. The first kappa shape index (κ1) is 17.3. The van der Waals surface area contributed by atoms with Crippen molar-refractivity contribution >= 4 is 28.9 Å². The zero-order valence-corrected chi connectivity index (χ0v) is 15.3. The van der Waals surface area contributed by atoms with Crippen LogP contribution in [0.5, 0.6) is 0 Å². The Balaban J connectivity index is 1.56. The predicted octanol–water partition coefficient (Wildman–Crippen LogP) is 1.84. The fraction of sp³-hybridized carbons (Fsp3) is 0.222. The lowest BCUT2D eigenvalue weighted by Gasteiger charge is -2.16. The Morgan fingerprint density at radius 1 is 1.11 bits per heavy atom. The van der Waals surface area contributed by atoms with Gasteiger partial charge in [0, 0.05) is 19.8 Å². The number of nitrogens with one attached hydrogen (secondary N) is 1. The lowest BCUT2D eigenvalue weighted by molar-refractivity contribution is -0.117. The molecule has 3 aromatic rings. The highest BCUT2D eigenvalue weighted by atomic mass is 35.5. The van der Waals surface area contributed by atoms with Crippen molar-refractivity contribution in [3.8, 4) is 5.69 Å². The van der Waals surface area contributed by atoms with E-state index in [0.717, 1.165) is 5.69 Å². The summed E-state index contributed by atoms with van der Waals surface area (Å²) in [5.74, 6) is -0.0914. The summed E-state index contributed by atoms with van der Waals surface area (Å²) in [7, 11) is 1.80. The van der Waals surface area contributed by atoms with Crippen LogP contribution >= 0.6 is 11.6 Å². The monoisotopic (exact) mass is 384 g/mol. The van der Waals surface area contributed by atoms with E-state index in [1.807, 2.05) is 18.2 Å². The van der Waals surface area contributed by atoms with Gasteiger partial charge in [0.15, 0.2) is 0 Å². The lowest BCUT2D eigenvalue weighted by atomic mass is 10.2. The smallest absolute Gasteiger partial charge is 0.292 e. The van der Waals surface area contributed by atoms with Crippen LogP contribution in [-0.4, -0.2) is 38.1 Å². The summed E-state index contributed by atoms with van der Waals surface area (Å²) in [6.45, 7) is 0.564. The third-order valence-corrected chi connectivity index (χ3v) is 4.82. The Hall–Kier alpha value is -3.13. The Morgan fingerprint density at radius 2 is 1.89 bits per heavy atom. The van der Waals surface area contributed by atoms with E-state index < -0.39 is 11.6 Å². The van der Waals surface area contributed by atoms with Crippen LogP contribution in [-0.2, 0) is 11.8 Å². The summed E-state index contributed by atoms with van der Waals surface area (Å²) in [5, 5.41) is 11.3. The summed E-state index contributed by atoms with van der Waals surface area (Å²) in [4.78, 5) is 26.9. The van der Waals surface area contributed by atoms with Gasteiger partial charge in [-0.1, -0.05) is 29.8 Å². The average molecular weight is 385 g/mol. The molecule has 2 aromatic heterocycles. The van der Waals surface area contributed by atoms with Crippen LogP contribution in [0.1, 0.15) is 6.42 Å². The number of halogens is 1. The van der Waals surface area contributed by atoms with Gasteiger partial charge in [0.25, 0.3) is 5.56 Å². The fourth-order valence-corrected chi connectivity index (χ4v) is 3.28. The van der Waals surface area contributed by atoms with Gasteiger partial charge in [-0.3, -0.25) is 14.3 Å². The highest BCUT2D eigenvalue weighted by Crippen LogP contribution is 2.25. The van der Waals surface area contributed by atoms with Crippen LogP contribution in [0.4, 0.5) is 11.4 Å². The molecule has 1 aliphatic rings. The Morgan fingerprint density at radius 3 is 2.59 bits per heavy atom. The predicted molar refractivity (Wildman–Crippen MR) is 102 cm³/mol. The number of anilines is 2. The first-order chi connectivity index (χ1) is 13.0. The molecule has 1 aromatic carbocycles. The number of aromatic nitrogens is 4. The van der Waals surface area contributed by atoms with E-state index in [2.05, 4.69) is 15.5 Å². The van der Waals surface area contributed by atoms with Gasteiger partial charge < -0.3 is 10.2 Å². The van der Waals surface area contributed by atoms with Crippen molar-refractivity contribution in [3.05, 3.63) is 64.3 Å². The molecule has 1 N–H and O–H groups in total. The molecule has 1 aliphatic heterocycles. The molecule has 9 heteroatoms. The number of nitrogens with zero attached hydrogens (tertiary/aromatic N) is 5. The maximum absolute atomic E-state index is 12.7. The molecule has 1 saturated heterocycles. The second-order valence-corrected chi connectivity index (χ2v) is 6.65. The van der Waals surface area contributed by atoms with E-state index in [1.165, 1.54) is 10.9 Å². The van der Waals surface area contributed by atoms with Crippen molar-refractivity contribution in [2.24, 2.45) is 7.05 Å². The SMILES string of the molecule is Cn1cc(N2CCC(Nc3cnn(-c4ccccc4)c(=O)c3Cl)C2=O)cn1. The molecule has 3 heterocycles. The number of amides is 1. The fourth-order valence-electron chi connectivity index (χ4n) is 3.09. The van der Waals surface area contributed by atoms with Gasteiger partial charge in [-0.25, -0.2) is 0 Å². The lowest BCUT2D eigenvalue weighted by Crippen LogP contribution is -2.34. The number of aryl methyl sites for hydroxylation is 1. The summed E-state index contributed by atoms with van der Waals surface area (Å²) < 4.78 is 2.87. The van der Waals surface area contributed by atoms with Gasteiger partial charge in [0.1, 0.15) is 11.1 Å². The minimum atomic E-state index is -0.475. The number of hydrogen-bond acceptors (Lipinski definition) is 5. The number of carbonyl (C=O) groups is 1. The average Bonchev–Trinajstić information content (AvgIpc) is 3.26. The van der Waals surface area contributed by atoms with Gasteiger partial charge in [-0.2, -0.15) is 14.9 Å². The molecule has 0 saturated carbocycles. The topological polar surface area (TPSA) is 85.0 Å². The van der Waals surface area contributed by atoms with E-state index in [0.29, 0.717) is 24.3 Å². The highest BCUT2D eigenvalue weighted by molar-refractivity contribution is 6.33. The molecule has 4 rings (SSSR count). The Kier molecular flexibility index (Phi) is 4.41. The highest BCUT2D eigenvalue weighted by Gasteiger charge is 2.33. The van der Waals surface area contributed by atoms with E-state index in [4.69, 9.17) is 11.6 Å². The van der Waals surface area contributed by atoms with E-state index >= 15 is 0 Å². The van der Waals surface area contributed by atoms with Crippen LogP contribution in [0.2, 0.25) is 5.02 Å². The molecule has 1 unspecified atom stereocenters. The number of carbonyl (C=O) groups excluding carboxylic acids is 1. The van der Waals surface area contributed by atoms with Gasteiger partial charge in [0.2, 0.25) is 5.91 Å². The molecule has 0 spiro atoms. The molecule has 1 fully saturated rings. The Labute approximate surface area is 160 Å². The first-order valence-electron chi connectivity index (χ1n) is 8.44. The minimum absolute atomic E-state index is 0.00137. The van der Waals surface area contributed by atoms with Gasteiger partial charge in [-0.05, 0) is 18.6 Å². The van der Waals surface area contributed by atoms with E-state index in [9.17, 15) is 9.59 Å². The van der Waals surface area contributed by atoms with E-state index in [-0.39, 0.29) is 10.9 Å². The molecule has 27 heavy (non-hydrogen) atoms. The third kappa shape index (κ3) is 3.19. The summed E-state index contributed by atoms with van der Waals surface area (Å²) >= 11 is 6.26. The van der Waals surface area contributed by atoms with Crippen molar-refractivity contribution in [2.75, 3.05) is 16.8 Å². The van der Waals surface area contributed by atoms with Crippen molar-refractivity contribution < 1.29 is 4.79 Å². The van der Waals surface area contributed by atoms with Crippen molar-refractivity contribution in [1.82, 2.24) is 19.6 Å². The van der Waals surface area contributed by atoms with Gasteiger partial charge in [0.05, 0.1) is 29.5 Å². The maximum atomic E-state index is 12.7. The maximum Gasteiger partial charge on any atom is 0.292 e. The van der Waals surface area contributed by atoms with Crippen LogP contribution < -0.4 is 15.8 Å². The largest absolute Gasteiger partial charge is 0.371 e. The molecule has 138 valence electrons. The molecule has 0 aliphatic carbocycles. The molecular weight excluding hydrogens is 368 g/mol.